The largest absolute Gasteiger partial charge is 0.459 e. The average Bonchev–Trinajstić information content (AvgIpc) is 3.55. The van der Waals surface area contributed by atoms with Crippen molar-refractivity contribution >= 4 is 17.8 Å². The lowest BCUT2D eigenvalue weighted by Crippen LogP contribution is -2.63. The minimum Gasteiger partial charge on any atom is -0.459 e. The highest BCUT2D eigenvalue weighted by Crippen LogP contribution is 2.42. The van der Waals surface area contributed by atoms with Crippen molar-refractivity contribution in [2.75, 3.05) is 19.7 Å². The van der Waals surface area contributed by atoms with Crippen molar-refractivity contribution in [2.45, 2.75) is 86.9 Å². The zero-order chi connectivity index (χ0) is 30.4. The number of esters is 1. The fraction of sp³-hybridized carbons (Fsp3) is 0.654. The number of nitrogens with two attached hydrogens (primary N) is 1. The van der Waals surface area contributed by atoms with Crippen molar-refractivity contribution < 1.29 is 58.2 Å². The van der Waals surface area contributed by atoms with Crippen LogP contribution in [-0.2, 0) is 30.5 Å². The Labute approximate surface area is 234 Å². The van der Waals surface area contributed by atoms with E-state index in [9.17, 15) is 43.6 Å². The summed E-state index contributed by atoms with van der Waals surface area (Å²) < 4.78 is 39.4. The van der Waals surface area contributed by atoms with Gasteiger partial charge < -0.3 is 51.0 Å². The Kier molecular flexibility index (Phi) is 11.1. The van der Waals surface area contributed by atoms with Crippen molar-refractivity contribution in [3.63, 3.8) is 0 Å². The maximum Gasteiger partial charge on any atom is 0.379 e. The molecule has 0 aromatic heterocycles. The van der Waals surface area contributed by atoms with Crippen LogP contribution in [0.25, 0.3) is 0 Å². The van der Waals surface area contributed by atoms with Gasteiger partial charge in [0, 0.05) is 13.1 Å². The van der Waals surface area contributed by atoms with Gasteiger partial charge >= 0.3 is 11.9 Å². The number of aliphatic hydroxyl groups is 5. The number of nitrogens with zero attached hydrogens (tertiary/aromatic N) is 1. The van der Waals surface area contributed by atoms with Gasteiger partial charge in [0.1, 0.15) is 37.1 Å². The van der Waals surface area contributed by atoms with Gasteiger partial charge in [-0.25, -0.2) is 4.79 Å². The number of alkyl halides is 2. The molecule has 2 aliphatic rings. The number of amides is 2. The molecule has 0 radical (unpaired) electrons. The summed E-state index contributed by atoms with van der Waals surface area (Å²) >= 11 is 0. The predicted octanol–water partition coefficient (Wildman–Crippen LogP) is -1.87. The maximum absolute atomic E-state index is 14.7. The summed E-state index contributed by atoms with van der Waals surface area (Å²) in [6.07, 6.45) is -7.23. The first kappa shape index (κ1) is 32.7. The first-order valence-electron chi connectivity index (χ1n) is 13.3. The van der Waals surface area contributed by atoms with Crippen LogP contribution in [-0.4, -0.2) is 116 Å². The number of benzene rings is 1. The average molecular weight is 590 g/mol. The van der Waals surface area contributed by atoms with E-state index in [1.54, 1.807) is 0 Å². The fourth-order valence-corrected chi connectivity index (χ4v) is 4.83. The normalized spacial score (nSPS) is 27.9. The van der Waals surface area contributed by atoms with E-state index in [1.807, 2.05) is 35.6 Å². The quantitative estimate of drug-likeness (QED) is 0.100. The molecule has 0 saturated carbocycles. The van der Waals surface area contributed by atoms with Gasteiger partial charge in [0.05, 0.1) is 12.6 Å². The Balaban J connectivity index is 1.43. The predicted molar refractivity (Wildman–Crippen MR) is 136 cm³/mol. The van der Waals surface area contributed by atoms with E-state index in [0.29, 0.717) is 19.4 Å². The molecule has 2 unspecified atom stereocenters. The number of carbonyl (C=O) groups is 3. The number of hydrogen-bond donors (Lipinski definition) is 7. The Morgan fingerprint density at radius 2 is 1.90 bits per heavy atom. The molecule has 41 heavy (non-hydrogen) atoms. The van der Waals surface area contributed by atoms with Crippen LogP contribution in [0.15, 0.2) is 30.3 Å². The number of rotatable bonds is 13. The highest BCUT2D eigenvalue weighted by atomic mass is 19.3. The molecule has 0 bridgehead atoms. The third kappa shape index (κ3) is 7.17. The molecular weight excluding hydrogens is 552 g/mol. The van der Waals surface area contributed by atoms with Crippen molar-refractivity contribution in [1.29, 1.82) is 0 Å². The van der Waals surface area contributed by atoms with Crippen LogP contribution in [0.3, 0.4) is 0 Å². The Hall–Kier alpha value is -2.79. The smallest absolute Gasteiger partial charge is 0.379 e. The van der Waals surface area contributed by atoms with Crippen LogP contribution in [0.5, 0.6) is 0 Å². The number of hydrogen-bond acceptors (Lipinski definition) is 11. The van der Waals surface area contributed by atoms with E-state index in [2.05, 4.69) is 4.74 Å². The van der Waals surface area contributed by atoms with Crippen LogP contribution < -0.4 is 11.1 Å². The van der Waals surface area contributed by atoms with Gasteiger partial charge in [0.15, 0.2) is 0 Å². The number of carbonyl (C=O) groups excluding carboxylic acids is 3. The Bertz CT molecular complexity index is 1050. The summed E-state index contributed by atoms with van der Waals surface area (Å²) in [5, 5.41) is 50.4. The lowest BCUT2D eigenvalue weighted by Gasteiger charge is -2.33. The summed E-state index contributed by atoms with van der Waals surface area (Å²) in [7, 11) is 0. The zero-order valence-electron chi connectivity index (χ0n) is 22.3. The summed E-state index contributed by atoms with van der Waals surface area (Å²) in [5.74, 6) is -11.6. The van der Waals surface area contributed by atoms with Crippen molar-refractivity contribution in [1.82, 2.24) is 10.2 Å². The number of nitrogens with one attached hydrogen (secondary N) is 1. The van der Waals surface area contributed by atoms with Gasteiger partial charge in [-0.05, 0) is 37.7 Å². The van der Waals surface area contributed by atoms with Crippen LogP contribution >= 0.6 is 0 Å². The molecule has 2 saturated heterocycles. The van der Waals surface area contributed by atoms with E-state index < -0.39 is 72.6 Å². The van der Waals surface area contributed by atoms with Crippen LogP contribution in [0, 0.1) is 0 Å². The van der Waals surface area contributed by atoms with E-state index in [1.165, 1.54) is 4.90 Å². The number of aliphatic hydroxyl groups excluding tert-OH is 4. The van der Waals surface area contributed by atoms with Crippen LogP contribution in [0.2, 0.25) is 0 Å². The molecular formula is C26H37F2N3O10. The first-order valence-corrected chi connectivity index (χ1v) is 13.3. The molecule has 2 amide bonds. The molecule has 1 aromatic carbocycles. The Morgan fingerprint density at radius 3 is 2.56 bits per heavy atom. The van der Waals surface area contributed by atoms with Crippen molar-refractivity contribution in [3.8, 4) is 0 Å². The second-order valence-corrected chi connectivity index (χ2v) is 10.2. The topological polar surface area (TPSA) is 212 Å². The monoisotopic (exact) mass is 589 g/mol. The fourth-order valence-electron chi connectivity index (χ4n) is 4.83. The van der Waals surface area contributed by atoms with Crippen LogP contribution in [0.1, 0.15) is 37.7 Å². The number of halogens is 2. The highest BCUT2D eigenvalue weighted by molar-refractivity contribution is 5.88. The number of unbranched alkanes of at least 4 members (excludes halogenated alkanes) is 1. The molecule has 2 fully saturated rings. The van der Waals surface area contributed by atoms with Crippen molar-refractivity contribution in [3.05, 3.63) is 35.9 Å². The third-order valence-corrected chi connectivity index (χ3v) is 7.25. The van der Waals surface area contributed by atoms with Gasteiger partial charge in [-0.1, -0.05) is 30.3 Å². The molecule has 15 heteroatoms. The number of likely N-dealkylation sites (tertiary alicyclic amines) is 1. The molecule has 13 nitrogen and oxygen atoms in total. The minimum atomic E-state index is -4.75. The van der Waals surface area contributed by atoms with Gasteiger partial charge in [-0.15, -0.1) is 0 Å². The number of ether oxygens (including phenoxy) is 2. The molecule has 2 heterocycles. The van der Waals surface area contributed by atoms with Gasteiger partial charge in [0.2, 0.25) is 5.91 Å². The minimum absolute atomic E-state index is 0.0727. The zero-order valence-corrected chi connectivity index (χ0v) is 22.3. The summed E-state index contributed by atoms with van der Waals surface area (Å²) in [6.45, 7) is -0.928. The molecule has 2 aliphatic heterocycles. The van der Waals surface area contributed by atoms with Crippen molar-refractivity contribution in [2.24, 2.45) is 5.73 Å². The molecule has 7 atom stereocenters. The second kappa shape index (κ2) is 13.9. The first-order chi connectivity index (χ1) is 19.3. The standard InChI is InChI=1S/C26H37F2N3O10/c27-25(28,26(39)21(35)19(34)20(41-26)18(33)13-32)24(38)30-11-5-4-9-16(29)22(36)31-12-6-10-17(31)23(37)40-14-15-7-2-1-3-8-15/h1-3,7-8,16-21,32-35,39H,4-6,9-14,29H2,(H,30,38)/t16-,17-,18-,19?,20-,21?,26+/m0/s1. The Morgan fingerprint density at radius 1 is 1.22 bits per heavy atom. The maximum atomic E-state index is 14.7. The second-order valence-electron chi connectivity index (χ2n) is 10.2. The lowest BCUT2D eigenvalue weighted by atomic mass is 9.97. The molecule has 0 aliphatic carbocycles. The third-order valence-electron chi connectivity index (χ3n) is 7.25. The van der Waals surface area contributed by atoms with Gasteiger partial charge in [-0.3, -0.25) is 9.59 Å². The highest BCUT2D eigenvalue weighted by Gasteiger charge is 2.71. The van der Waals surface area contributed by atoms with E-state index in [-0.39, 0.29) is 32.4 Å². The van der Waals surface area contributed by atoms with Crippen LogP contribution in [0.4, 0.5) is 8.78 Å². The molecule has 8 N–H and O–H groups in total. The van der Waals surface area contributed by atoms with E-state index in [0.717, 1.165) is 5.56 Å². The molecule has 230 valence electrons. The summed E-state index contributed by atoms with van der Waals surface area (Å²) in [4.78, 5) is 39.0. The molecule has 0 spiro atoms. The summed E-state index contributed by atoms with van der Waals surface area (Å²) in [6, 6.07) is 7.35. The molecule has 3 rings (SSSR count). The van der Waals surface area contributed by atoms with E-state index in [4.69, 9.17) is 15.6 Å². The van der Waals surface area contributed by atoms with Gasteiger partial charge in [0.25, 0.3) is 11.7 Å². The summed E-state index contributed by atoms with van der Waals surface area (Å²) in [5.41, 5.74) is 6.83. The van der Waals surface area contributed by atoms with E-state index >= 15 is 0 Å². The lowest BCUT2D eigenvalue weighted by molar-refractivity contribution is -0.325. The molecule has 1 aromatic rings. The van der Waals surface area contributed by atoms with Gasteiger partial charge in [-0.2, -0.15) is 8.78 Å². The SMILES string of the molecule is N[C@@H](CCCCNC(=O)C(F)(F)[C@]1(O)O[C@@H]([C@@H](O)CO)C(O)C1O)C(=O)N1CCC[C@H]1C(=O)OCc1ccccc1.